The number of alkyl halides is 2. The van der Waals surface area contributed by atoms with E-state index in [9.17, 15) is 18.8 Å². The lowest BCUT2D eigenvalue weighted by Crippen LogP contribution is -2.62. The van der Waals surface area contributed by atoms with E-state index in [4.69, 9.17) is 0 Å². The summed E-state index contributed by atoms with van der Waals surface area (Å²) >= 11 is 0. The van der Waals surface area contributed by atoms with Gasteiger partial charge in [0, 0.05) is 17.4 Å². The number of ketones is 1. The average Bonchev–Trinajstić information content (AvgIpc) is 2.37. The molecule has 2 atom stereocenters. The minimum absolute atomic E-state index is 0.132. The van der Waals surface area contributed by atoms with Crippen molar-refractivity contribution in [3.63, 3.8) is 0 Å². The van der Waals surface area contributed by atoms with Gasteiger partial charge in [-0.1, -0.05) is 33.8 Å². The van der Waals surface area contributed by atoms with E-state index >= 15 is 0 Å². The van der Waals surface area contributed by atoms with Crippen molar-refractivity contribution in [1.29, 1.82) is 5.26 Å². The van der Waals surface area contributed by atoms with Gasteiger partial charge >= 0.3 is 0 Å². The Labute approximate surface area is 124 Å². The topological polar surface area (TPSA) is 44.1 Å². The molecule has 0 N–H and O–H groups in total. The average molecular weight is 296 g/mol. The number of Topliss-reactive ketones (excluding diaryl/α,β-unsaturated/α-hetero) is 1. The van der Waals surface area contributed by atoms with Gasteiger partial charge in [-0.25, -0.2) is 8.78 Å². The van der Waals surface area contributed by atoms with Crippen molar-refractivity contribution in [3.05, 3.63) is 11.6 Å². The molecule has 1 aliphatic heterocycles. The van der Waals surface area contributed by atoms with Crippen molar-refractivity contribution in [1.82, 2.24) is 4.90 Å². The first-order chi connectivity index (χ1) is 9.57. The molecule has 21 heavy (non-hydrogen) atoms. The maximum absolute atomic E-state index is 12.7. The molecule has 1 fully saturated rings. The molecule has 0 saturated carbocycles. The van der Waals surface area contributed by atoms with Crippen molar-refractivity contribution in [2.45, 2.75) is 40.5 Å². The van der Waals surface area contributed by atoms with E-state index in [1.807, 2.05) is 26.8 Å². The Morgan fingerprint density at radius 3 is 2.52 bits per heavy atom. The van der Waals surface area contributed by atoms with Gasteiger partial charge in [0.1, 0.15) is 6.07 Å². The molecule has 0 aromatic rings. The van der Waals surface area contributed by atoms with E-state index in [1.54, 1.807) is 11.0 Å². The molecule has 2 aliphatic rings. The Kier molecular flexibility index (Phi) is 3.74. The molecule has 0 aromatic heterocycles. The Bertz CT molecular complexity index is 535. The van der Waals surface area contributed by atoms with Crippen molar-refractivity contribution in [2.24, 2.45) is 16.2 Å². The lowest BCUT2D eigenvalue weighted by Gasteiger charge is -2.60. The van der Waals surface area contributed by atoms with Crippen LogP contribution in [0.2, 0.25) is 0 Å². The summed E-state index contributed by atoms with van der Waals surface area (Å²) in [5, 5.41) is 9.22. The standard InChI is InChI=1S/C16H22F2N2O/c1-14(2)13(21)11(8-19)7-15(3)10-20(9-12(17)18)6-5-16(14,15)4/h7,12H,5-6,9-10H2,1-4H3/t15-,16+/m0/s1. The zero-order valence-electron chi connectivity index (χ0n) is 13.0. The molecule has 3 nitrogen and oxygen atoms in total. The second kappa shape index (κ2) is 4.88. The van der Waals surface area contributed by atoms with Crippen molar-refractivity contribution in [3.8, 4) is 6.07 Å². The van der Waals surface area contributed by atoms with Crippen LogP contribution in [0.1, 0.15) is 34.1 Å². The van der Waals surface area contributed by atoms with E-state index in [0.29, 0.717) is 19.5 Å². The first-order valence-electron chi connectivity index (χ1n) is 7.26. The van der Waals surface area contributed by atoms with Gasteiger partial charge in [-0.05, 0) is 18.4 Å². The molecule has 1 saturated heterocycles. The first kappa shape index (κ1) is 16.1. The predicted molar refractivity (Wildman–Crippen MR) is 75.8 cm³/mol. The molecule has 0 spiro atoms. The molecule has 5 heteroatoms. The van der Waals surface area contributed by atoms with E-state index in [0.717, 1.165) is 0 Å². The van der Waals surface area contributed by atoms with Crippen LogP contribution in [0.15, 0.2) is 11.6 Å². The number of hydrogen-bond acceptors (Lipinski definition) is 3. The third-order valence-corrected chi connectivity index (χ3v) is 5.91. The zero-order chi connectivity index (χ0) is 16.1. The molecule has 0 radical (unpaired) electrons. The number of carbonyl (C=O) groups is 1. The molecule has 0 amide bonds. The van der Waals surface area contributed by atoms with Crippen LogP contribution >= 0.6 is 0 Å². The monoisotopic (exact) mass is 296 g/mol. The van der Waals surface area contributed by atoms with Gasteiger partial charge in [0.15, 0.2) is 5.78 Å². The fraction of sp³-hybridized carbons (Fsp3) is 0.750. The summed E-state index contributed by atoms with van der Waals surface area (Å²) in [6, 6.07) is 1.99. The number of fused-ring (bicyclic) bond motifs is 1. The number of allylic oxidation sites excluding steroid dienone is 1. The van der Waals surface area contributed by atoms with Gasteiger partial charge in [-0.15, -0.1) is 0 Å². The molecule has 0 aromatic carbocycles. The molecule has 1 aliphatic carbocycles. The van der Waals surface area contributed by atoms with Crippen LogP contribution in [0.3, 0.4) is 0 Å². The summed E-state index contributed by atoms with van der Waals surface area (Å²) in [5.41, 5.74) is -1.30. The van der Waals surface area contributed by atoms with Crippen LogP contribution in [0, 0.1) is 27.6 Å². The highest BCUT2D eigenvalue weighted by Gasteiger charge is 2.61. The van der Waals surface area contributed by atoms with Crippen LogP contribution < -0.4 is 0 Å². The second-order valence-corrected chi connectivity index (χ2v) is 7.25. The van der Waals surface area contributed by atoms with Gasteiger partial charge in [0.05, 0.1) is 12.1 Å². The van der Waals surface area contributed by atoms with Gasteiger partial charge in [-0.3, -0.25) is 9.69 Å². The Morgan fingerprint density at radius 1 is 1.38 bits per heavy atom. The molecular weight excluding hydrogens is 274 g/mol. The van der Waals surface area contributed by atoms with Crippen molar-refractivity contribution >= 4 is 5.78 Å². The number of nitrogens with zero attached hydrogens (tertiary/aromatic N) is 2. The number of hydrogen-bond donors (Lipinski definition) is 0. The van der Waals surface area contributed by atoms with Crippen LogP contribution in [0.25, 0.3) is 0 Å². The summed E-state index contributed by atoms with van der Waals surface area (Å²) in [4.78, 5) is 14.3. The van der Waals surface area contributed by atoms with Crippen LogP contribution in [0.4, 0.5) is 8.78 Å². The van der Waals surface area contributed by atoms with E-state index in [-0.39, 0.29) is 23.3 Å². The molecule has 1 heterocycles. The second-order valence-electron chi connectivity index (χ2n) is 7.25. The normalized spacial score (nSPS) is 36.1. The number of nitriles is 1. The predicted octanol–water partition coefficient (Wildman–Crippen LogP) is 3.03. The van der Waals surface area contributed by atoms with Crippen molar-refractivity contribution < 1.29 is 13.6 Å². The molecule has 2 rings (SSSR count). The lowest BCUT2D eigenvalue weighted by molar-refractivity contribution is -0.147. The summed E-state index contributed by atoms with van der Waals surface area (Å²) in [6.45, 7) is 8.54. The molecule has 116 valence electrons. The van der Waals surface area contributed by atoms with Gasteiger partial charge in [-0.2, -0.15) is 5.26 Å². The Hall–Kier alpha value is -1.28. The smallest absolute Gasteiger partial charge is 0.251 e. The van der Waals surface area contributed by atoms with Crippen molar-refractivity contribution in [2.75, 3.05) is 19.6 Å². The zero-order valence-corrected chi connectivity index (χ0v) is 13.0. The fourth-order valence-electron chi connectivity index (χ4n) is 4.02. The minimum atomic E-state index is -2.37. The van der Waals surface area contributed by atoms with Crippen LogP contribution in [-0.2, 0) is 4.79 Å². The highest BCUT2D eigenvalue weighted by Crippen LogP contribution is 2.60. The molecule has 0 bridgehead atoms. The maximum Gasteiger partial charge on any atom is 0.251 e. The third kappa shape index (κ3) is 2.20. The largest absolute Gasteiger partial charge is 0.297 e. The van der Waals surface area contributed by atoms with Crippen LogP contribution in [-0.4, -0.2) is 36.7 Å². The van der Waals surface area contributed by atoms with E-state index in [2.05, 4.69) is 6.92 Å². The lowest BCUT2D eigenvalue weighted by atomic mass is 9.46. The third-order valence-electron chi connectivity index (χ3n) is 5.91. The summed E-state index contributed by atoms with van der Waals surface area (Å²) in [6.07, 6.45) is 0.0261. The van der Waals surface area contributed by atoms with Gasteiger partial charge in [0.25, 0.3) is 6.43 Å². The SMILES string of the molecule is CC1(C)C(=O)C(C#N)=C[C@@]2(C)CN(CC(F)F)CC[C@]12C. The first-order valence-corrected chi connectivity index (χ1v) is 7.26. The number of piperidine rings is 1. The highest BCUT2D eigenvalue weighted by molar-refractivity contribution is 6.04. The number of halogens is 2. The fourth-order valence-corrected chi connectivity index (χ4v) is 4.02. The number of carbonyl (C=O) groups excluding carboxylic acids is 1. The summed E-state index contributed by atoms with van der Waals surface area (Å²) in [5.74, 6) is -0.132. The number of rotatable bonds is 2. The number of likely N-dealkylation sites (tertiary alicyclic amines) is 1. The van der Waals surface area contributed by atoms with Gasteiger partial charge < -0.3 is 0 Å². The minimum Gasteiger partial charge on any atom is -0.297 e. The Balaban J connectivity index is 2.46. The van der Waals surface area contributed by atoms with Gasteiger partial charge in [0.2, 0.25) is 0 Å². The maximum atomic E-state index is 12.7. The molecule has 0 unspecified atom stereocenters. The summed E-state index contributed by atoms with van der Waals surface area (Å²) in [7, 11) is 0. The van der Waals surface area contributed by atoms with Crippen LogP contribution in [0.5, 0.6) is 0 Å². The Morgan fingerprint density at radius 2 is 2.00 bits per heavy atom. The van der Waals surface area contributed by atoms with E-state index < -0.39 is 17.3 Å². The summed E-state index contributed by atoms with van der Waals surface area (Å²) < 4.78 is 25.3. The quantitative estimate of drug-likeness (QED) is 0.786. The van der Waals surface area contributed by atoms with E-state index in [1.165, 1.54) is 0 Å². The highest BCUT2D eigenvalue weighted by atomic mass is 19.3. The molecular formula is C16H22F2N2O.